The maximum atomic E-state index is 12.5. The van der Waals surface area contributed by atoms with Crippen LogP contribution in [-0.2, 0) is 4.79 Å². The summed E-state index contributed by atoms with van der Waals surface area (Å²) in [5.41, 5.74) is 0. The van der Waals surface area contributed by atoms with Crippen molar-refractivity contribution >= 4 is 48.3 Å². The van der Waals surface area contributed by atoms with Crippen molar-refractivity contribution in [1.29, 1.82) is 0 Å². The highest BCUT2D eigenvalue weighted by atomic mass is 35.5. The van der Waals surface area contributed by atoms with Gasteiger partial charge in [0.1, 0.15) is 11.6 Å². The highest BCUT2D eigenvalue weighted by molar-refractivity contribution is 7.99. The number of pyridine rings is 1. The average Bonchev–Trinajstić information content (AvgIpc) is 2.74. The summed E-state index contributed by atoms with van der Waals surface area (Å²) in [7, 11) is 0. The smallest absolute Gasteiger partial charge is 0.243 e. The number of rotatable bonds is 2. The first-order valence-electron chi connectivity index (χ1n) is 4.49. The number of halogens is 3. The fraction of sp³-hybridized carbons (Fsp3) is 0.333. The Morgan fingerprint density at radius 1 is 1.53 bits per heavy atom. The molecule has 0 spiro atoms. The molecular weight excluding hydrogens is 288 g/mol. The quantitative estimate of drug-likeness (QED) is 0.872. The molecule has 0 aromatic carbocycles. The Morgan fingerprint density at radius 2 is 2.29 bits per heavy atom. The molecule has 1 fully saturated rings. The molecule has 1 saturated heterocycles. The van der Waals surface area contributed by atoms with E-state index in [1.54, 1.807) is 11.8 Å². The predicted molar refractivity (Wildman–Crippen MR) is 71.6 cm³/mol. The lowest BCUT2D eigenvalue weighted by Crippen LogP contribution is -2.37. The molecule has 17 heavy (non-hydrogen) atoms. The van der Waals surface area contributed by atoms with Gasteiger partial charge in [-0.1, -0.05) is 0 Å². The summed E-state index contributed by atoms with van der Waals surface area (Å²) in [5.74, 6) is 1.38. The first kappa shape index (κ1) is 16.4. The van der Waals surface area contributed by atoms with E-state index in [0.29, 0.717) is 5.82 Å². The van der Waals surface area contributed by atoms with Crippen LogP contribution >= 0.6 is 36.6 Å². The Morgan fingerprint density at radius 3 is 2.82 bits per heavy atom. The molecule has 1 aromatic heterocycles. The number of nitrogens with one attached hydrogen (secondary N) is 2. The molecule has 0 radical (unpaired) electrons. The van der Waals surface area contributed by atoms with E-state index < -0.39 is 5.82 Å². The lowest BCUT2D eigenvalue weighted by atomic mass is 10.3. The van der Waals surface area contributed by atoms with Gasteiger partial charge in [0.25, 0.3) is 0 Å². The molecule has 1 amide bonds. The van der Waals surface area contributed by atoms with Crippen LogP contribution in [0.4, 0.5) is 10.2 Å². The van der Waals surface area contributed by atoms with Crippen molar-refractivity contribution in [2.45, 2.75) is 6.04 Å². The first-order chi connectivity index (χ1) is 7.25. The van der Waals surface area contributed by atoms with Crippen LogP contribution in [0.2, 0.25) is 0 Å². The van der Waals surface area contributed by atoms with Gasteiger partial charge in [-0.05, 0) is 12.1 Å². The molecule has 1 atom stereocenters. The largest absolute Gasteiger partial charge is 0.309 e. The van der Waals surface area contributed by atoms with E-state index in [-0.39, 0.29) is 36.8 Å². The summed E-state index contributed by atoms with van der Waals surface area (Å²) in [5, 5.41) is 5.66. The van der Waals surface area contributed by atoms with Crippen LogP contribution in [0.15, 0.2) is 18.3 Å². The Balaban J connectivity index is 0.00000128. The summed E-state index contributed by atoms with van der Waals surface area (Å²) in [6.45, 7) is 0. The van der Waals surface area contributed by atoms with Gasteiger partial charge in [0.2, 0.25) is 5.91 Å². The number of nitrogens with zero attached hydrogens (tertiary/aromatic N) is 1. The maximum absolute atomic E-state index is 12.5. The van der Waals surface area contributed by atoms with Crippen LogP contribution in [0.5, 0.6) is 0 Å². The molecule has 8 heteroatoms. The molecular formula is C9H12Cl2FN3OS. The molecule has 4 nitrogen and oxygen atoms in total. The first-order valence-corrected chi connectivity index (χ1v) is 5.65. The number of hydrogen-bond acceptors (Lipinski definition) is 4. The second kappa shape index (κ2) is 7.71. The van der Waals surface area contributed by atoms with E-state index in [2.05, 4.69) is 15.6 Å². The number of amides is 1. The number of carbonyl (C=O) groups is 1. The van der Waals surface area contributed by atoms with E-state index in [0.717, 1.165) is 17.8 Å². The second-order valence-electron chi connectivity index (χ2n) is 3.12. The molecule has 2 N–H and O–H groups in total. The van der Waals surface area contributed by atoms with Gasteiger partial charge in [-0.2, -0.15) is 0 Å². The monoisotopic (exact) mass is 299 g/mol. The van der Waals surface area contributed by atoms with Crippen LogP contribution in [0.3, 0.4) is 0 Å². The number of carbonyl (C=O) groups excluding carboxylic acids is 1. The molecule has 1 aliphatic rings. The highest BCUT2D eigenvalue weighted by Gasteiger charge is 2.22. The Kier molecular flexibility index (Phi) is 7.45. The SMILES string of the molecule is Cl.Cl.O=C(Nc1ccc(F)cn1)C1CSCN1. The zero-order valence-corrected chi connectivity index (χ0v) is 11.1. The number of anilines is 1. The second-order valence-corrected chi connectivity index (χ2v) is 4.15. The van der Waals surface area contributed by atoms with Gasteiger partial charge in [-0.3, -0.25) is 10.1 Å². The van der Waals surface area contributed by atoms with Gasteiger partial charge in [0.15, 0.2) is 0 Å². The van der Waals surface area contributed by atoms with Crippen molar-refractivity contribution in [3.63, 3.8) is 0 Å². The number of thioether (sulfide) groups is 1. The predicted octanol–water partition coefficient (Wildman–Crippen LogP) is 1.67. The van der Waals surface area contributed by atoms with Crippen molar-refractivity contribution in [3.8, 4) is 0 Å². The minimum Gasteiger partial charge on any atom is -0.309 e. The molecule has 2 rings (SSSR count). The normalized spacial score (nSPS) is 17.8. The van der Waals surface area contributed by atoms with E-state index in [4.69, 9.17) is 0 Å². The molecule has 0 bridgehead atoms. The molecule has 1 aliphatic heterocycles. The maximum Gasteiger partial charge on any atom is 0.243 e. The standard InChI is InChI=1S/C9H10FN3OS.2ClH/c10-6-1-2-8(11-3-6)13-9(14)7-4-15-5-12-7;;/h1-3,7,12H,4-5H2,(H,11,13,14);2*1H. The molecule has 1 unspecified atom stereocenters. The summed E-state index contributed by atoms with van der Waals surface area (Å²) in [6.07, 6.45) is 1.08. The van der Waals surface area contributed by atoms with Gasteiger partial charge in [0, 0.05) is 11.6 Å². The third kappa shape index (κ3) is 4.67. The summed E-state index contributed by atoms with van der Waals surface area (Å²) >= 11 is 1.67. The minimum absolute atomic E-state index is 0. The van der Waals surface area contributed by atoms with E-state index in [1.165, 1.54) is 12.1 Å². The molecule has 0 aliphatic carbocycles. The zero-order valence-electron chi connectivity index (χ0n) is 8.68. The Bertz CT molecular complexity index is 360. The van der Waals surface area contributed by atoms with Crippen molar-refractivity contribution in [1.82, 2.24) is 10.3 Å². The lowest BCUT2D eigenvalue weighted by molar-refractivity contribution is -0.117. The fourth-order valence-electron chi connectivity index (χ4n) is 1.23. The van der Waals surface area contributed by atoms with Gasteiger partial charge in [-0.15, -0.1) is 36.6 Å². The van der Waals surface area contributed by atoms with Crippen molar-refractivity contribution in [3.05, 3.63) is 24.1 Å². The van der Waals surface area contributed by atoms with Crippen LogP contribution in [0.25, 0.3) is 0 Å². The van der Waals surface area contributed by atoms with Crippen molar-refractivity contribution in [2.75, 3.05) is 16.9 Å². The number of hydrogen-bond donors (Lipinski definition) is 2. The van der Waals surface area contributed by atoms with Crippen LogP contribution in [-0.4, -0.2) is 28.6 Å². The summed E-state index contributed by atoms with van der Waals surface area (Å²) in [6, 6.07) is 2.52. The van der Waals surface area contributed by atoms with Crippen LogP contribution in [0, 0.1) is 5.82 Å². The van der Waals surface area contributed by atoms with E-state index in [9.17, 15) is 9.18 Å². The summed E-state index contributed by atoms with van der Waals surface area (Å²) < 4.78 is 12.5. The third-order valence-corrected chi connectivity index (χ3v) is 2.95. The topological polar surface area (TPSA) is 54.0 Å². The van der Waals surface area contributed by atoms with E-state index >= 15 is 0 Å². The highest BCUT2D eigenvalue weighted by Crippen LogP contribution is 2.11. The van der Waals surface area contributed by atoms with Gasteiger partial charge in [0.05, 0.1) is 12.2 Å². The average molecular weight is 300 g/mol. The zero-order chi connectivity index (χ0) is 10.7. The molecule has 96 valence electrons. The van der Waals surface area contributed by atoms with Crippen LogP contribution in [0.1, 0.15) is 0 Å². The molecule has 1 aromatic rings. The Labute approximate surface area is 115 Å². The fourth-order valence-corrected chi connectivity index (χ4v) is 2.17. The van der Waals surface area contributed by atoms with Crippen molar-refractivity contribution < 1.29 is 9.18 Å². The van der Waals surface area contributed by atoms with Gasteiger partial charge >= 0.3 is 0 Å². The van der Waals surface area contributed by atoms with Crippen molar-refractivity contribution in [2.24, 2.45) is 0 Å². The minimum atomic E-state index is -0.414. The molecule has 2 heterocycles. The lowest BCUT2D eigenvalue weighted by Gasteiger charge is -2.09. The van der Waals surface area contributed by atoms with Crippen LogP contribution < -0.4 is 10.6 Å². The molecule has 0 saturated carbocycles. The summed E-state index contributed by atoms with van der Waals surface area (Å²) in [4.78, 5) is 15.3. The van der Waals surface area contributed by atoms with Gasteiger partial charge in [-0.25, -0.2) is 9.37 Å². The number of aromatic nitrogens is 1. The van der Waals surface area contributed by atoms with E-state index in [1.807, 2.05) is 0 Å². The Hall–Kier alpha value is -0.560. The van der Waals surface area contributed by atoms with Gasteiger partial charge < -0.3 is 5.32 Å². The third-order valence-electron chi connectivity index (χ3n) is 2.01.